The van der Waals surface area contributed by atoms with Crippen molar-refractivity contribution in [1.82, 2.24) is 0 Å². The molecule has 0 N–H and O–H groups in total. The maximum absolute atomic E-state index is 3.87. The molecule has 0 fully saturated rings. The first-order chi connectivity index (χ1) is 5.59. The van der Waals surface area contributed by atoms with Crippen LogP contribution in [0.1, 0.15) is 61.3 Å². The van der Waals surface area contributed by atoms with Gasteiger partial charge in [0.25, 0.3) is 0 Å². The van der Waals surface area contributed by atoms with Gasteiger partial charge in [-0.25, -0.2) is 0 Å². The second-order valence-electron chi connectivity index (χ2n) is 2.87. The van der Waals surface area contributed by atoms with Crippen LogP contribution in [0.3, 0.4) is 0 Å². The van der Waals surface area contributed by atoms with E-state index in [1.165, 1.54) is 12.0 Å². The second-order valence-corrected chi connectivity index (χ2v) is 2.87. The molecule has 0 heteroatoms. The van der Waals surface area contributed by atoms with Crippen LogP contribution in [0.15, 0.2) is 12.2 Å². The number of rotatable bonds is 2. The van der Waals surface area contributed by atoms with Crippen LogP contribution in [0.25, 0.3) is 0 Å². The maximum Gasteiger partial charge on any atom is -0.0263 e. The van der Waals surface area contributed by atoms with Crippen LogP contribution < -0.4 is 0 Å². The Kier molecular flexibility index (Phi) is 25.1. The molecule has 0 rings (SSSR count). The van der Waals surface area contributed by atoms with Gasteiger partial charge in [-0.05, 0) is 12.3 Å². The van der Waals surface area contributed by atoms with Crippen LogP contribution in [0.2, 0.25) is 0 Å². The van der Waals surface area contributed by atoms with Crippen molar-refractivity contribution >= 4 is 0 Å². The maximum atomic E-state index is 3.87. The Labute approximate surface area is 80.1 Å². The summed E-state index contributed by atoms with van der Waals surface area (Å²) in [5.74, 6) is 0.671. The van der Waals surface area contributed by atoms with Crippen molar-refractivity contribution in [3.63, 3.8) is 0 Å². The topological polar surface area (TPSA) is 0 Å². The van der Waals surface area contributed by atoms with Crippen LogP contribution in [-0.4, -0.2) is 0 Å². The van der Waals surface area contributed by atoms with Crippen molar-refractivity contribution in [1.29, 1.82) is 0 Å². The van der Waals surface area contributed by atoms with E-state index in [9.17, 15) is 0 Å². The molecule has 0 atom stereocenters. The van der Waals surface area contributed by atoms with Crippen molar-refractivity contribution in [3.05, 3.63) is 12.2 Å². The van der Waals surface area contributed by atoms with Gasteiger partial charge >= 0.3 is 0 Å². The normalized spacial score (nSPS) is 7.67. The summed E-state index contributed by atoms with van der Waals surface area (Å²) in [5, 5.41) is 0. The first-order valence-electron chi connectivity index (χ1n) is 5.27. The van der Waals surface area contributed by atoms with E-state index in [4.69, 9.17) is 0 Å². The van der Waals surface area contributed by atoms with Gasteiger partial charge in [0.2, 0.25) is 0 Å². The molecular weight excluding hydrogens is 144 g/mol. The molecule has 0 aromatic heterocycles. The molecule has 0 heterocycles. The van der Waals surface area contributed by atoms with Crippen molar-refractivity contribution < 1.29 is 0 Å². The lowest BCUT2D eigenvalue weighted by molar-refractivity contribution is 0.736. The van der Waals surface area contributed by atoms with Gasteiger partial charge in [0, 0.05) is 0 Å². The van der Waals surface area contributed by atoms with Gasteiger partial charge in [-0.1, -0.05) is 67.0 Å². The zero-order valence-electron chi connectivity index (χ0n) is 10.2. The molecule has 76 valence electrons. The first-order valence-corrected chi connectivity index (χ1v) is 5.27. The Balaban J connectivity index is -0.000000137. The zero-order valence-corrected chi connectivity index (χ0v) is 10.2. The van der Waals surface area contributed by atoms with E-state index in [1.54, 1.807) is 0 Å². The quantitative estimate of drug-likeness (QED) is 0.511. The molecule has 0 aliphatic carbocycles. The minimum Gasteiger partial charge on any atom is -0.0996 e. The summed E-state index contributed by atoms with van der Waals surface area (Å²) in [5.41, 5.74) is 1.35. The third-order valence-electron chi connectivity index (χ3n) is 1.27. The Morgan fingerprint density at radius 2 is 1.33 bits per heavy atom. The van der Waals surface area contributed by atoms with Gasteiger partial charge in [-0.3, -0.25) is 0 Å². The molecule has 0 aromatic carbocycles. The second kappa shape index (κ2) is 17.0. The first kappa shape index (κ1) is 17.7. The third-order valence-corrected chi connectivity index (χ3v) is 1.27. The van der Waals surface area contributed by atoms with Crippen LogP contribution >= 0.6 is 0 Å². The summed E-state index contributed by atoms with van der Waals surface area (Å²) in [6.45, 7) is 18.6. The summed E-state index contributed by atoms with van der Waals surface area (Å²) in [6, 6.07) is 0. The highest BCUT2D eigenvalue weighted by Gasteiger charge is 1.93. The van der Waals surface area contributed by atoms with Crippen LogP contribution in [0.5, 0.6) is 0 Å². The number of allylic oxidation sites excluding steroid dienone is 1. The highest BCUT2D eigenvalue weighted by atomic mass is 14.0. The van der Waals surface area contributed by atoms with E-state index >= 15 is 0 Å². The molecule has 12 heavy (non-hydrogen) atoms. The average Bonchev–Trinajstić information content (AvgIpc) is 2.08. The van der Waals surface area contributed by atoms with E-state index < -0.39 is 0 Å². The molecule has 0 aliphatic rings. The standard InChI is InChI=1S/C7H14.C3H8.C2H6/c1-5-7(4)6(2)3;1-3-2;1-2/h6H,4-5H2,1-3H3;3H2,1-2H3;1-2H3. The van der Waals surface area contributed by atoms with Gasteiger partial charge in [0.05, 0.1) is 0 Å². The SMILES string of the molecule is C=C(CC)C(C)C.CC.CCC. The Morgan fingerprint density at radius 3 is 1.33 bits per heavy atom. The highest BCUT2D eigenvalue weighted by molar-refractivity contribution is 4.95. The lowest BCUT2D eigenvalue weighted by Gasteiger charge is -2.03. The number of hydrogen-bond acceptors (Lipinski definition) is 0. The van der Waals surface area contributed by atoms with E-state index in [1.807, 2.05) is 13.8 Å². The molecule has 0 radical (unpaired) electrons. The number of hydrogen-bond donors (Lipinski definition) is 0. The van der Waals surface area contributed by atoms with Gasteiger partial charge in [0.15, 0.2) is 0 Å². The summed E-state index contributed by atoms with van der Waals surface area (Å²) in [6.07, 6.45) is 2.37. The summed E-state index contributed by atoms with van der Waals surface area (Å²) < 4.78 is 0. The fraction of sp³-hybridized carbons (Fsp3) is 0.833. The fourth-order valence-corrected chi connectivity index (χ4v) is 0.408. The Bertz CT molecular complexity index is 70.1. The minimum absolute atomic E-state index is 0.671. The molecule has 0 nitrogen and oxygen atoms in total. The summed E-state index contributed by atoms with van der Waals surface area (Å²) >= 11 is 0. The predicted octanol–water partition coefficient (Wildman–Crippen LogP) is 5.05. The van der Waals surface area contributed by atoms with Crippen molar-refractivity contribution in [2.45, 2.75) is 61.3 Å². The molecule has 0 saturated carbocycles. The van der Waals surface area contributed by atoms with Crippen LogP contribution in [0.4, 0.5) is 0 Å². The van der Waals surface area contributed by atoms with E-state index in [-0.39, 0.29) is 0 Å². The zero-order chi connectivity index (χ0) is 10.6. The molecule has 0 bridgehead atoms. The van der Waals surface area contributed by atoms with Gasteiger partial charge in [-0.2, -0.15) is 0 Å². The lowest BCUT2D eigenvalue weighted by atomic mass is 10.0. The van der Waals surface area contributed by atoms with Crippen LogP contribution in [-0.2, 0) is 0 Å². The summed E-state index contributed by atoms with van der Waals surface area (Å²) in [4.78, 5) is 0. The molecule has 0 saturated heterocycles. The van der Waals surface area contributed by atoms with Crippen molar-refractivity contribution in [2.75, 3.05) is 0 Å². The Hall–Kier alpha value is -0.260. The Morgan fingerprint density at radius 1 is 1.08 bits per heavy atom. The van der Waals surface area contributed by atoms with E-state index in [0.29, 0.717) is 5.92 Å². The average molecular weight is 172 g/mol. The van der Waals surface area contributed by atoms with Gasteiger partial charge < -0.3 is 0 Å². The molecule has 0 aliphatic heterocycles. The lowest BCUT2D eigenvalue weighted by Crippen LogP contribution is -1.87. The highest BCUT2D eigenvalue weighted by Crippen LogP contribution is 2.08. The molecule has 0 spiro atoms. The molecule has 0 unspecified atom stereocenters. The molecular formula is C12H28. The van der Waals surface area contributed by atoms with Gasteiger partial charge in [0.1, 0.15) is 0 Å². The van der Waals surface area contributed by atoms with Crippen molar-refractivity contribution in [2.24, 2.45) is 5.92 Å². The van der Waals surface area contributed by atoms with Gasteiger partial charge in [-0.15, -0.1) is 0 Å². The smallest absolute Gasteiger partial charge is 0.0263 e. The van der Waals surface area contributed by atoms with Crippen molar-refractivity contribution in [3.8, 4) is 0 Å². The minimum atomic E-state index is 0.671. The largest absolute Gasteiger partial charge is 0.0996 e. The van der Waals surface area contributed by atoms with Crippen LogP contribution in [0, 0.1) is 5.92 Å². The van der Waals surface area contributed by atoms with E-state index in [2.05, 4.69) is 41.2 Å². The third kappa shape index (κ3) is 22.6. The summed E-state index contributed by atoms with van der Waals surface area (Å²) in [7, 11) is 0. The molecule has 0 amide bonds. The molecule has 0 aromatic rings. The fourth-order valence-electron chi connectivity index (χ4n) is 0.408. The monoisotopic (exact) mass is 172 g/mol. The van der Waals surface area contributed by atoms with E-state index in [0.717, 1.165) is 6.42 Å². The predicted molar refractivity (Wildman–Crippen MR) is 61.6 cm³/mol.